The van der Waals surface area contributed by atoms with E-state index in [1.165, 1.54) is 96.5 Å². The normalized spacial score (nSPS) is 15.7. The Morgan fingerprint density at radius 1 is 0.531 bits per heavy atom. The highest BCUT2D eigenvalue weighted by Gasteiger charge is 2.20. The molecule has 11 rings (SSSR count). The van der Waals surface area contributed by atoms with Crippen LogP contribution in [0.2, 0.25) is 0 Å². The van der Waals surface area contributed by atoms with Crippen molar-refractivity contribution < 1.29 is 4.42 Å². The summed E-state index contributed by atoms with van der Waals surface area (Å²) in [4.78, 5) is 0. The summed E-state index contributed by atoms with van der Waals surface area (Å²) in [5.74, 6) is 0.302. The van der Waals surface area contributed by atoms with Crippen molar-refractivity contribution in [2.24, 2.45) is 0 Å². The summed E-state index contributed by atoms with van der Waals surface area (Å²) in [5, 5.41) is 5.23. The van der Waals surface area contributed by atoms with Crippen molar-refractivity contribution in [2.45, 2.75) is 51.2 Å². The van der Waals surface area contributed by atoms with E-state index < -0.39 is 0 Å². The number of thiol groups is 1. The van der Waals surface area contributed by atoms with Gasteiger partial charge >= 0.3 is 0 Å². The van der Waals surface area contributed by atoms with Gasteiger partial charge in [-0.3, -0.25) is 0 Å². The van der Waals surface area contributed by atoms with E-state index in [0.717, 1.165) is 16.7 Å². The predicted molar refractivity (Wildman–Crippen MR) is 279 cm³/mol. The number of fused-ring (bicyclic) bond motifs is 4. The number of para-hydroxylation sites is 2. The van der Waals surface area contributed by atoms with Crippen LogP contribution in [0.4, 0.5) is 0 Å². The van der Waals surface area contributed by atoms with Gasteiger partial charge in [-0.2, -0.15) is 12.6 Å². The third kappa shape index (κ3) is 9.69. The second-order valence-corrected chi connectivity index (χ2v) is 17.5. The quantitative estimate of drug-likeness (QED) is 0.165. The molecule has 0 saturated carbocycles. The number of aryl methyl sites for hydroxylation is 2. The molecule has 314 valence electrons. The van der Waals surface area contributed by atoms with Gasteiger partial charge in [-0.1, -0.05) is 230 Å². The van der Waals surface area contributed by atoms with Gasteiger partial charge in [-0.05, 0) is 101 Å². The average Bonchev–Trinajstić information content (AvgIpc) is 3.74. The molecular formula is C62H54OS. The first-order valence-electron chi connectivity index (χ1n) is 22.6. The van der Waals surface area contributed by atoms with Gasteiger partial charge in [-0.25, -0.2) is 0 Å². The summed E-state index contributed by atoms with van der Waals surface area (Å²) in [6, 6.07) is 66.6. The van der Waals surface area contributed by atoms with Crippen LogP contribution in [0.15, 0.2) is 228 Å². The number of allylic oxidation sites excluding steroid dienone is 7. The summed E-state index contributed by atoms with van der Waals surface area (Å²) in [7, 11) is 0. The zero-order valence-electron chi connectivity index (χ0n) is 36.9. The molecule has 1 nitrogen and oxygen atoms in total. The van der Waals surface area contributed by atoms with E-state index in [0.29, 0.717) is 5.92 Å². The molecule has 64 heavy (non-hydrogen) atoms. The first-order valence-corrected chi connectivity index (χ1v) is 23.1. The molecule has 9 aromatic rings. The van der Waals surface area contributed by atoms with Crippen molar-refractivity contribution in [2.75, 3.05) is 0 Å². The molecule has 0 spiro atoms. The van der Waals surface area contributed by atoms with E-state index in [9.17, 15) is 0 Å². The third-order valence-corrected chi connectivity index (χ3v) is 13.1. The summed E-state index contributed by atoms with van der Waals surface area (Å²) in [6.45, 7) is 6.46. The lowest BCUT2D eigenvalue weighted by Crippen LogP contribution is -2.12. The highest BCUT2D eigenvalue weighted by atomic mass is 32.1. The molecular weight excluding hydrogens is 793 g/mol. The van der Waals surface area contributed by atoms with Gasteiger partial charge in [0.1, 0.15) is 11.2 Å². The van der Waals surface area contributed by atoms with Gasteiger partial charge < -0.3 is 4.42 Å². The summed E-state index contributed by atoms with van der Waals surface area (Å²) in [5.41, 5.74) is 17.6. The molecule has 2 unspecified atom stereocenters. The van der Waals surface area contributed by atoms with Gasteiger partial charge in [0.2, 0.25) is 0 Å². The Hall–Kier alpha value is -6.87. The smallest absolute Gasteiger partial charge is 0.143 e. The second kappa shape index (κ2) is 19.7. The molecule has 2 atom stereocenters. The Morgan fingerprint density at radius 2 is 1.14 bits per heavy atom. The van der Waals surface area contributed by atoms with Crippen molar-refractivity contribution in [1.29, 1.82) is 0 Å². The number of furan rings is 1. The zero-order valence-corrected chi connectivity index (χ0v) is 37.8. The first-order chi connectivity index (χ1) is 31.4. The fourth-order valence-electron chi connectivity index (χ4n) is 8.74. The Morgan fingerprint density at radius 3 is 1.84 bits per heavy atom. The largest absolute Gasteiger partial charge is 0.455 e. The fourth-order valence-corrected chi connectivity index (χ4v) is 9.09. The minimum atomic E-state index is 0.216. The van der Waals surface area contributed by atoms with E-state index >= 15 is 0 Å². The third-order valence-electron chi connectivity index (χ3n) is 12.6. The van der Waals surface area contributed by atoms with Crippen LogP contribution in [0.3, 0.4) is 0 Å². The summed E-state index contributed by atoms with van der Waals surface area (Å²) >= 11 is 4.76. The molecule has 0 radical (unpaired) electrons. The SMILES string of the molecule is CCC1=CC=C(c2ccc3ccccc3c2)CC1.Cc1ccc(-c2ccc(C3=CC(c4ccccc4)C(S)C=C3)cc2)cc1.Cc1ccc(-c2cccc3c2oc2ccccc23)cc1. The van der Waals surface area contributed by atoms with Crippen LogP contribution in [0.5, 0.6) is 0 Å². The van der Waals surface area contributed by atoms with E-state index in [4.69, 9.17) is 17.0 Å². The maximum atomic E-state index is 6.07. The standard InChI is InChI=1S/C25H22S.C19H14O.C18H18/c1-18-7-9-19(10-8-18)20-11-13-21(14-12-20)23-15-16-25(26)24(17-23)22-5-3-2-4-6-22;1-13-9-11-14(12-10-13)15-6-4-7-17-16-5-2-3-8-18(16)20-19(15)17;1-2-14-7-9-16(10-8-14)18-12-11-15-5-3-4-6-17(15)13-18/h2-17,24-26H,1H3;2-12H,1H3;3-7,9,11-13H,2,8,10H2,1H3. The molecule has 1 aromatic heterocycles. The molecule has 2 aliphatic carbocycles. The number of benzene rings is 8. The molecule has 1 heterocycles. The Bertz CT molecular complexity index is 3140. The lowest BCUT2D eigenvalue weighted by atomic mass is 9.87. The molecule has 8 aromatic carbocycles. The van der Waals surface area contributed by atoms with E-state index in [1.54, 1.807) is 5.57 Å². The van der Waals surface area contributed by atoms with Gasteiger partial charge in [0.15, 0.2) is 0 Å². The van der Waals surface area contributed by atoms with Gasteiger partial charge in [-0.15, -0.1) is 0 Å². The molecule has 0 bridgehead atoms. The Kier molecular flexibility index (Phi) is 13.0. The molecule has 0 N–H and O–H groups in total. The van der Waals surface area contributed by atoms with Crippen LogP contribution in [-0.4, -0.2) is 5.25 Å². The lowest BCUT2D eigenvalue weighted by molar-refractivity contribution is 0.670. The predicted octanol–water partition coefficient (Wildman–Crippen LogP) is 17.6. The lowest BCUT2D eigenvalue weighted by Gasteiger charge is -2.23. The minimum Gasteiger partial charge on any atom is -0.455 e. The Labute approximate surface area is 384 Å². The van der Waals surface area contributed by atoms with Gasteiger partial charge in [0.05, 0.1) is 0 Å². The van der Waals surface area contributed by atoms with Crippen LogP contribution in [-0.2, 0) is 0 Å². The van der Waals surface area contributed by atoms with E-state index in [1.807, 2.05) is 12.1 Å². The van der Waals surface area contributed by atoms with Gasteiger partial charge in [0.25, 0.3) is 0 Å². The molecule has 0 fully saturated rings. The zero-order chi connectivity index (χ0) is 43.8. The first kappa shape index (κ1) is 42.4. The molecule has 2 heteroatoms. The van der Waals surface area contributed by atoms with Crippen molar-refractivity contribution in [3.8, 4) is 22.3 Å². The minimum absolute atomic E-state index is 0.216. The van der Waals surface area contributed by atoms with Crippen molar-refractivity contribution in [3.05, 3.63) is 252 Å². The van der Waals surface area contributed by atoms with E-state index in [-0.39, 0.29) is 5.25 Å². The van der Waals surface area contributed by atoms with Gasteiger partial charge in [0, 0.05) is 27.5 Å². The highest BCUT2D eigenvalue weighted by Crippen LogP contribution is 2.37. The molecule has 0 saturated heterocycles. The number of hydrogen-bond donors (Lipinski definition) is 1. The molecule has 0 aliphatic heterocycles. The summed E-state index contributed by atoms with van der Waals surface area (Å²) in [6.07, 6.45) is 14.9. The Balaban J connectivity index is 0.000000124. The maximum Gasteiger partial charge on any atom is 0.143 e. The summed E-state index contributed by atoms with van der Waals surface area (Å²) < 4.78 is 6.07. The second-order valence-electron chi connectivity index (χ2n) is 16.9. The topological polar surface area (TPSA) is 13.1 Å². The van der Waals surface area contributed by atoms with Crippen LogP contribution in [0.1, 0.15) is 59.9 Å². The van der Waals surface area contributed by atoms with Crippen molar-refractivity contribution in [1.82, 2.24) is 0 Å². The molecule has 2 aliphatic rings. The maximum absolute atomic E-state index is 6.07. The average molecular weight is 847 g/mol. The van der Waals surface area contributed by atoms with Crippen LogP contribution >= 0.6 is 12.6 Å². The van der Waals surface area contributed by atoms with E-state index in [2.05, 4.69) is 227 Å². The number of rotatable bonds is 6. The van der Waals surface area contributed by atoms with Crippen molar-refractivity contribution in [3.63, 3.8) is 0 Å². The monoisotopic (exact) mass is 846 g/mol. The van der Waals surface area contributed by atoms with Crippen LogP contribution in [0.25, 0.3) is 66.1 Å². The van der Waals surface area contributed by atoms with Crippen molar-refractivity contribution >= 4 is 56.5 Å². The van der Waals surface area contributed by atoms with Crippen LogP contribution in [0, 0.1) is 13.8 Å². The van der Waals surface area contributed by atoms with Crippen LogP contribution < -0.4 is 0 Å². The number of hydrogen-bond acceptors (Lipinski definition) is 2. The molecule has 0 amide bonds. The fraction of sp³-hybridized carbons (Fsp3) is 0.129. The highest BCUT2D eigenvalue weighted by molar-refractivity contribution is 7.81.